The molecule has 0 unspecified atom stereocenters. The van der Waals surface area contributed by atoms with E-state index in [9.17, 15) is 10.2 Å². The lowest BCUT2D eigenvalue weighted by molar-refractivity contribution is -0.268. The zero-order chi connectivity index (χ0) is 17.9. The third kappa shape index (κ3) is 3.00. The van der Waals surface area contributed by atoms with Gasteiger partial charge in [-0.05, 0) is 35.4 Å². The van der Waals surface area contributed by atoms with Crippen LogP contribution in [0.4, 0.5) is 0 Å². The highest BCUT2D eigenvalue weighted by atomic mass is 16.3. The molecule has 0 N–H and O–H groups in total. The van der Waals surface area contributed by atoms with Crippen LogP contribution >= 0.6 is 0 Å². The molecular formula is C22H14N2O2-2. The Kier molecular flexibility index (Phi) is 4.07. The van der Waals surface area contributed by atoms with Crippen LogP contribution in [0.1, 0.15) is 0 Å². The van der Waals surface area contributed by atoms with Gasteiger partial charge in [0, 0.05) is 0 Å². The SMILES string of the molecule is [O-]c1ccccc1-c1cccc(-c2cccc(-c3ccccc3[O-])n2)n1. The van der Waals surface area contributed by atoms with Crippen molar-refractivity contribution in [1.82, 2.24) is 9.97 Å². The van der Waals surface area contributed by atoms with E-state index in [0.29, 0.717) is 33.9 Å². The smallest absolute Gasteiger partial charge is 0.0893 e. The van der Waals surface area contributed by atoms with Crippen LogP contribution in [0.2, 0.25) is 0 Å². The molecule has 126 valence electrons. The van der Waals surface area contributed by atoms with Crippen molar-refractivity contribution < 1.29 is 10.2 Å². The van der Waals surface area contributed by atoms with E-state index in [0.717, 1.165) is 0 Å². The maximum absolute atomic E-state index is 12.1. The van der Waals surface area contributed by atoms with Crippen LogP contribution < -0.4 is 10.2 Å². The zero-order valence-electron chi connectivity index (χ0n) is 13.8. The Labute approximate surface area is 151 Å². The number of rotatable bonds is 3. The Hall–Kier alpha value is -3.66. The van der Waals surface area contributed by atoms with Crippen molar-refractivity contribution in [3.8, 4) is 45.4 Å². The fourth-order valence-corrected chi connectivity index (χ4v) is 2.81. The molecule has 4 nitrogen and oxygen atoms in total. The van der Waals surface area contributed by atoms with E-state index < -0.39 is 0 Å². The van der Waals surface area contributed by atoms with Gasteiger partial charge in [0.25, 0.3) is 0 Å². The molecule has 0 aliphatic carbocycles. The summed E-state index contributed by atoms with van der Waals surface area (Å²) in [6.45, 7) is 0. The second-order valence-electron chi connectivity index (χ2n) is 5.81. The molecule has 26 heavy (non-hydrogen) atoms. The molecule has 4 aromatic rings. The summed E-state index contributed by atoms with van der Waals surface area (Å²) in [7, 11) is 0. The molecule has 2 heterocycles. The van der Waals surface area contributed by atoms with Gasteiger partial charge in [0.1, 0.15) is 0 Å². The topological polar surface area (TPSA) is 71.9 Å². The van der Waals surface area contributed by atoms with Gasteiger partial charge in [-0.15, -0.1) is 0 Å². The first-order valence-corrected chi connectivity index (χ1v) is 8.20. The Morgan fingerprint density at radius 3 is 1.23 bits per heavy atom. The van der Waals surface area contributed by atoms with Crippen LogP contribution in [0.15, 0.2) is 84.9 Å². The molecule has 0 aliphatic rings. The predicted octanol–water partition coefficient (Wildman–Crippen LogP) is 3.62. The number of pyridine rings is 2. The highest BCUT2D eigenvalue weighted by Gasteiger charge is 2.07. The van der Waals surface area contributed by atoms with E-state index in [1.165, 1.54) is 12.1 Å². The minimum Gasteiger partial charge on any atom is -0.872 e. The average molecular weight is 338 g/mol. The molecule has 0 amide bonds. The molecule has 0 saturated heterocycles. The highest BCUT2D eigenvalue weighted by Crippen LogP contribution is 2.29. The zero-order valence-corrected chi connectivity index (χ0v) is 13.8. The van der Waals surface area contributed by atoms with Gasteiger partial charge in [0.15, 0.2) is 0 Å². The Morgan fingerprint density at radius 1 is 0.423 bits per heavy atom. The fourth-order valence-electron chi connectivity index (χ4n) is 2.81. The molecule has 0 radical (unpaired) electrons. The summed E-state index contributed by atoms with van der Waals surface area (Å²) in [6, 6.07) is 24.6. The number of hydrogen-bond donors (Lipinski definition) is 0. The summed E-state index contributed by atoms with van der Waals surface area (Å²) < 4.78 is 0. The molecular weight excluding hydrogens is 324 g/mol. The number of para-hydroxylation sites is 2. The summed E-state index contributed by atoms with van der Waals surface area (Å²) in [5, 5.41) is 24.1. The second-order valence-corrected chi connectivity index (χ2v) is 5.81. The first-order valence-electron chi connectivity index (χ1n) is 8.20. The lowest BCUT2D eigenvalue weighted by Gasteiger charge is -2.14. The van der Waals surface area contributed by atoms with Crippen LogP contribution in [0, 0.1) is 0 Å². The molecule has 2 aromatic heterocycles. The predicted molar refractivity (Wildman–Crippen MR) is 97.2 cm³/mol. The molecule has 0 saturated carbocycles. The largest absolute Gasteiger partial charge is 0.872 e. The van der Waals surface area contributed by atoms with Gasteiger partial charge in [-0.2, -0.15) is 0 Å². The third-order valence-electron chi connectivity index (χ3n) is 4.09. The van der Waals surface area contributed by atoms with Crippen molar-refractivity contribution in [2.75, 3.05) is 0 Å². The highest BCUT2D eigenvalue weighted by molar-refractivity contribution is 5.71. The van der Waals surface area contributed by atoms with Crippen molar-refractivity contribution in [1.29, 1.82) is 0 Å². The fraction of sp³-hybridized carbons (Fsp3) is 0. The van der Waals surface area contributed by atoms with Gasteiger partial charge in [-0.3, -0.25) is 0 Å². The lowest BCUT2D eigenvalue weighted by Crippen LogP contribution is -1.97. The minimum atomic E-state index is -0.0702. The van der Waals surface area contributed by atoms with E-state index in [4.69, 9.17) is 0 Å². The van der Waals surface area contributed by atoms with Crippen molar-refractivity contribution in [3.63, 3.8) is 0 Å². The Bertz CT molecular complexity index is 990. The summed E-state index contributed by atoms with van der Waals surface area (Å²) in [4.78, 5) is 9.18. The van der Waals surface area contributed by atoms with Crippen molar-refractivity contribution in [2.45, 2.75) is 0 Å². The van der Waals surface area contributed by atoms with Gasteiger partial charge in [-0.1, -0.05) is 72.2 Å². The first-order chi connectivity index (χ1) is 12.7. The lowest BCUT2D eigenvalue weighted by atomic mass is 10.1. The molecule has 4 heteroatoms. The van der Waals surface area contributed by atoms with Crippen molar-refractivity contribution in [3.05, 3.63) is 84.9 Å². The van der Waals surface area contributed by atoms with Gasteiger partial charge in [0.2, 0.25) is 0 Å². The molecule has 2 aromatic carbocycles. The second kappa shape index (κ2) is 6.69. The van der Waals surface area contributed by atoms with Gasteiger partial charge in [-0.25, -0.2) is 9.97 Å². The normalized spacial score (nSPS) is 10.6. The summed E-state index contributed by atoms with van der Waals surface area (Å²) in [5.74, 6) is -0.140. The van der Waals surface area contributed by atoms with Gasteiger partial charge in [0.05, 0.1) is 22.8 Å². The van der Waals surface area contributed by atoms with E-state index in [1.807, 2.05) is 36.4 Å². The van der Waals surface area contributed by atoms with E-state index in [2.05, 4.69) is 9.97 Å². The van der Waals surface area contributed by atoms with Gasteiger partial charge >= 0.3 is 0 Å². The summed E-state index contributed by atoms with van der Waals surface area (Å²) >= 11 is 0. The van der Waals surface area contributed by atoms with E-state index >= 15 is 0 Å². The van der Waals surface area contributed by atoms with Crippen LogP contribution in [-0.2, 0) is 0 Å². The Balaban J connectivity index is 1.78. The Morgan fingerprint density at radius 2 is 0.808 bits per heavy atom. The van der Waals surface area contributed by atoms with Crippen molar-refractivity contribution >= 4 is 0 Å². The van der Waals surface area contributed by atoms with E-state index in [1.54, 1.807) is 36.4 Å². The molecule has 0 bridgehead atoms. The maximum atomic E-state index is 12.1. The van der Waals surface area contributed by atoms with Crippen LogP contribution in [0.5, 0.6) is 11.5 Å². The maximum Gasteiger partial charge on any atom is 0.0893 e. The average Bonchev–Trinajstić information content (AvgIpc) is 2.69. The third-order valence-corrected chi connectivity index (χ3v) is 4.09. The number of aromatic nitrogens is 2. The number of nitrogens with zero attached hydrogens (tertiary/aromatic N) is 2. The summed E-state index contributed by atoms with van der Waals surface area (Å²) in [5.41, 5.74) is 3.60. The number of hydrogen-bond acceptors (Lipinski definition) is 4. The van der Waals surface area contributed by atoms with E-state index in [-0.39, 0.29) is 11.5 Å². The molecule has 0 spiro atoms. The van der Waals surface area contributed by atoms with Crippen LogP contribution in [-0.4, -0.2) is 9.97 Å². The molecule has 4 rings (SSSR count). The first kappa shape index (κ1) is 15.8. The number of benzene rings is 2. The van der Waals surface area contributed by atoms with Crippen molar-refractivity contribution in [2.24, 2.45) is 0 Å². The van der Waals surface area contributed by atoms with Crippen LogP contribution in [0.3, 0.4) is 0 Å². The van der Waals surface area contributed by atoms with Gasteiger partial charge < -0.3 is 10.2 Å². The molecule has 0 atom stereocenters. The monoisotopic (exact) mass is 338 g/mol. The quantitative estimate of drug-likeness (QED) is 0.572. The molecule has 0 aliphatic heterocycles. The van der Waals surface area contributed by atoms with Crippen LogP contribution in [0.25, 0.3) is 33.9 Å². The standard InChI is InChI=1S/C22H16N2O2/c25-21-13-3-1-7-15(21)17-9-5-11-19(23-17)20-12-6-10-18(24-20)16-8-2-4-14-22(16)26/h1-14,25-26H/p-2. The summed E-state index contributed by atoms with van der Waals surface area (Å²) in [6.07, 6.45) is 0. The molecule has 0 fully saturated rings. The minimum absolute atomic E-state index is 0.0702.